The number of nitriles is 1. The lowest BCUT2D eigenvalue weighted by Gasteiger charge is -2.26. The number of nitrogens with one attached hydrogen (secondary N) is 2. The molecule has 5 nitrogen and oxygen atoms in total. The Morgan fingerprint density at radius 3 is 3.08 bits per heavy atom. The molecular weight excluding hydrogens is 302 g/mol. The summed E-state index contributed by atoms with van der Waals surface area (Å²) < 4.78 is 5.48. The molecule has 2 aliphatic heterocycles. The molecule has 2 atom stereocenters. The number of rotatable bonds is 4. The van der Waals surface area contributed by atoms with E-state index in [4.69, 9.17) is 10.00 Å². The highest BCUT2D eigenvalue weighted by Crippen LogP contribution is 2.30. The molecule has 5 heteroatoms. The van der Waals surface area contributed by atoms with Crippen LogP contribution in [0.25, 0.3) is 5.57 Å². The van der Waals surface area contributed by atoms with Crippen molar-refractivity contribution in [2.24, 2.45) is 5.92 Å². The van der Waals surface area contributed by atoms with Crippen molar-refractivity contribution in [2.45, 2.75) is 32.4 Å². The van der Waals surface area contributed by atoms with Gasteiger partial charge >= 0.3 is 0 Å². The zero-order valence-electron chi connectivity index (χ0n) is 14.0. The summed E-state index contributed by atoms with van der Waals surface area (Å²) in [7, 11) is 0. The fourth-order valence-corrected chi connectivity index (χ4v) is 3.44. The Balaban J connectivity index is 1.72. The Bertz CT molecular complexity index is 684. The lowest BCUT2D eigenvalue weighted by molar-refractivity contribution is -0.124. The van der Waals surface area contributed by atoms with E-state index in [1.54, 1.807) is 0 Å². The number of carbonyl (C=O) groups is 1. The van der Waals surface area contributed by atoms with Crippen molar-refractivity contribution in [1.82, 2.24) is 10.6 Å². The number of nitrogens with zero attached hydrogens (tertiary/aromatic N) is 1. The van der Waals surface area contributed by atoms with E-state index < -0.39 is 0 Å². The highest BCUT2D eigenvalue weighted by atomic mass is 16.5. The van der Waals surface area contributed by atoms with Crippen molar-refractivity contribution in [3.63, 3.8) is 0 Å². The van der Waals surface area contributed by atoms with E-state index in [0.717, 1.165) is 43.7 Å². The molecule has 0 saturated carbocycles. The van der Waals surface area contributed by atoms with Gasteiger partial charge in [-0.3, -0.25) is 4.79 Å². The third kappa shape index (κ3) is 3.84. The number of aryl methyl sites for hydroxylation is 1. The van der Waals surface area contributed by atoms with Crippen LogP contribution in [0.4, 0.5) is 0 Å². The molecule has 1 aromatic carbocycles. The molecule has 0 spiro atoms. The fraction of sp³-hybridized carbons (Fsp3) is 0.474. The van der Waals surface area contributed by atoms with Gasteiger partial charge in [0.1, 0.15) is 6.23 Å². The van der Waals surface area contributed by atoms with Gasteiger partial charge in [-0.15, -0.1) is 0 Å². The first-order chi connectivity index (χ1) is 11.7. The lowest BCUT2D eigenvalue weighted by Crippen LogP contribution is -2.38. The van der Waals surface area contributed by atoms with Crippen molar-refractivity contribution in [2.75, 3.05) is 19.7 Å². The van der Waals surface area contributed by atoms with E-state index in [9.17, 15) is 4.79 Å². The first-order valence-corrected chi connectivity index (χ1v) is 8.50. The molecule has 1 fully saturated rings. The Morgan fingerprint density at radius 2 is 2.38 bits per heavy atom. The molecule has 1 aromatic rings. The maximum absolute atomic E-state index is 12.3. The van der Waals surface area contributed by atoms with Crippen molar-refractivity contribution >= 4 is 11.5 Å². The van der Waals surface area contributed by atoms with Gasteiger partial charge in [0.2, 0.25) is 5.91 Å². The van der Waals surface area contributed by atoms with Gasteiger partial charge in [0.25, 0.3) is 0 Å². The summed E-state index contributed by atoms with van der Waals surface area (Å²) in [5.74, 6) is 0.166. The van der Waals surface area contributed by atoms with E-state index in [1.807, 2.05) is 25.1 Å². The van der Waals surface area contributed by atoms with Gasteiger partial charge in [-0.1, -0.05) is 12.1 Å². The predicted molar refractivity (Wildman–Crippen MR) is 92.0 cm³/mol. The van der Waals surface area contributed by atoms with Crippen LogP contribution in [0.5, 0.6) is 0 Å². The van der Waals surface area contributed by atoms with Crippen LogP contribution >= 0.6 is 0 Å². The summed E-state index contributed by atoms with van der Waals surface area (Å²) in [5, 5.41) is 15.3. The maximum atomic E-state index is 12.3. The molecule has 0 aliphatic carbocycles. The minimum atomic E-state index is -0.127. The Hall–Kier alpha value is -2.16. The summed E-state index contributed by atoms with van der Waals surface area (Å²) in [5.41, 5.74) is 4.06. The van der Waals surface area contributed by atoms with Crippen LogP contribution < -0.4 is 10.6 Å². The standard InChI is InChI=1S/C19H23N3O2/c1-13-9-14(11-20)4-5-16(13)17-6-7-21-12-15(17)10-18(23)22-19-3-2-8-24-19/h4-6,9,15,19,21H,2-3,7-8,10,12H2,1H3,(H,22,23)/t15-,19-/m0/s1. The average Bonchev–Trinajstić information content (AvgIpc) is 3.08. The lowest BCUT2D eigenvalue weighted by atomic mass is 9.85. The van der Waals surface area contributed by atoms with Crippen LogP contribution in [-0.4, -0.2) is 31.8 Å². The molecule has 126 valence electrons. The van der Waals surface area contributed by atoms with Crippen LogP contribution in [0.1, 0.15) is 36.0 Å². The van der Waals surface area contributed by atoms with Gasteiger partial charge in [-0.25, -0.2) is 0 Å². The first-order valence-electron chi connectivity index (χ1n) is 8.50. The molecule has 3 rings (SSSR count). The average molecular weight is 325 g/mol. The molecule has 2 aliphatic rings. The smallest absolute Gasteiger partial charge is 0.222 e. The number of ether oxygens (including phenoxy) is 1. The summed E-state index contributed by atoms with van der Waals surface area (Å²) in [6.07, 6.45) is 4.37. The maximum Gasteiger partial charge on any atom is 0.222 e. The van der Waals surface area contributed by atoms with Crippen LogP contribution in [0.2, 0.25) is 0 Å². The predicted octanol–water partition coefficient (Wildman–Crippen LogP) is 2.11. The van der Waals surface area contributed by atoms with E-state index in [2.05, 4.69) is 22.8 Å². The summed E-state index contributed by atoms with van der Waals surface area (Å²) in [4.78, 5) is 12.3. The molecule has 2 N–H and O–H groups in total. The van der Waals surface area contributed by atoms with E-state index in [0.29, 0.717) is 12.0 Å². The minimum Gasteiger partial charge on any atom is -0.359 e. The normalized spacial score (nSPS) is 23.4. The zero-order chi connectivity index (χ0) is 16.9. The highest BCUT2D eigenvalue weighted by Gasteiger charge is 2.25. The first kappa shape index (κ1) is 16.7. The summed E-state index contributed by atoms with van der Waals surface area (Å²) in [6.45, 7) is 4.33. The largest absolute Gasteiger partial charge is 0.359 e. The van der Waals surface area contributed by atoms with Crippen LogP contribution in [0.3, 0.4) is 0 Å². The molecule has 0 unspecified atom stereocenters. The van der Waals surface area contributed by atoms with Gasteiger partial charge in [0.15, 0.2) is 0 Å². The molecule has 0 aromatic heterocycles. The van der Waals surface area contributed by atoms with Gasteiger partial charge in [0, 0.05) is 32.0 Å². The topological polar surface area (TPSA) is 74.2 Å². The van der Waals surface area contributed by atoms with Crippen molar-refractivity contribution in [3.05, 3.63) is 41.0 Å². The van der Waals surface area contributed by atoms with Crippen molar-refractivity contribution in [1.29, 1.82) is 5.26 Å². The SMILES string of the molecule is Cc1cc(C#N)ccc1C1=CCNC[C@@H]1CC(=O)N[C@@H]1CCCO1. The third-order valence-electron chi connectivity index (χ3n) is 4.65. The Kier molecular flexibility index (Phi) is 5.29. The second kappa shape index (κ2) is 7.61. The van der Waals surface area contributed by atoms with E-state index >= 15 is 0 Å². The Morgan fingerprint density at radius 1 is 1.50 bits per heavy atom. The Labute approximate surface area is 142 Å². The van der Waals surface area contributed by atoms with Gasteiger partial charge < -0.3 is 15.4 Å². The molecule has 0 bridgehead atoms. The second-order valence-corrected chi connectivity index (χ2v) is 6.43. The van der Waals surface area contributed by atoms with Crippen molar-refractivity contribution < 1.29 is 9.53 Å². The summed E-state index contributed by atoms with van der Waals surface area (Å²) in [6, 6.07) is 7.91. The molecule has 1 saturated heterocycles. The number of hydrogen-bond acceptors (Lipinski definition) is 4. The number of carbonyl (C=O) groups excluding carboxylic acids is 1. The molecule has 2 heterocycles. The molecule has 24 heavy (non-hydrogen) atoms. The van der Waals surface area contributed by atoms with Crippen LogP contribution in [0.15, 0.2) is 24.3 Å². The van der Waals surface area contributed by atoms with Crippen LogP contribution in [0, 0.1) is 24.2 Å². The number of hydrogen-bond donors (Lipinski definition) is 2. The zero-order valence-corrected chi connectivity index (χ0v) is 14.0. The minimum absolute atomic E-state index is 0.0350. The molecule has 1 amide bonds. The van der Waals surface area contributed by atoms with Gasteiger partial charge in [-0.2, -0.15) is 5.26 Å². The number of benzene rings is 1. The van der Waals surface area contributed by atoms with Crippen molar-refractivity contribution in [3.8, 4) is 6.07 Å². The highest BCUT2D eigenvalue weighted by molar-refractivity contribution is 5.81. The molecule has 0 radical (unpaired) electrons. The number of amides is 1. The second-order valence-electron chi connectivity index (χ2n) is 6.43. The van der Waals surface area contributed by atoms with Gasteiger partial charge in [0.05, 0.1) is 11.6 Å². The van der Waals surface area contributed by atoms with E-state index in [1.165, 1.54) is 5.57 Å². The van der Waals surface area contributed by atoms with Crippen LogP contribution in [-0.2, 0) is 9.53 Å². The quantitative estimate of drug-likeness (QED) is 0.889. The monoisotopic (exact) mass is 325 g/mol. The van der Waals surface area contributed by atoms with Gasteiger partial charge in [-0.05, 0) is 48.6 Å². The summed E-state index contributed by atoms with van der Waals surface area (Å²) >= 11 is 0. The third-order valence-corrected chi connectivity index (χ3v) is 4.65. The fourth-order valence-electron chi connectivity index (χ4n) is 3.44. The van der Waals surface area contributed by atoms with E-state index in [-0.39, 0.29) is 18.1 Å². The molecular formula is C19H23N3O2.